The number of carbonyl (C=O) groups excluding carboxylic acids is 1. The highest BCUT2D eigenvalue weighted by atomic mass is 19.1. The lowest BCUT2D eigenvalue weighted by Gasteiger charge is -2.04. The number of carbonyl (C=O) groups is 1. The Morgan fingerprint density at radius 2 is 1.83 bits per heavy atom. The number of hydrogen-bond donors (Lipinski definition) is 1. The molecule has 0 fully saturated rings. The van der Waals surface area contributed by atoms with Crippen molar-refractivity contribution in [3.63, 3.8) is 0 Å². The number of hydrogen-bond acceptors (Lipinski definition) is 2. The van der Waals surface area contributed by atoms with Crippen LogP contribution in [0.25, 0.3) is 6.08 Å². The third-order valence-electron chi connectivity index (χ3n) is 3.41. The SMILES string of the molecule is CCCOc1ccc(/C=C/C(=O)NCCc2ccc(F)cc2)cc1. The van der Waals surface area contributed by atoms with Gasteiger partial charge >= 0.3 is 0 Å². The van der Waals surface area contributed by atoms with Crippen LogP contribution >= 0.6 is 0 Å². The lowest BCUT2D eigenvalue weighted by molar-refractivity contribution is -0.116. The number of halogens is 1. The summed E-state index contributed by atoms with van der Waals surface area (Å²) in [5.41, 5.74) is 1.93. The van der Waals surface area contributed by atoms with Crippen LogP contribution in [0.2, 0.25) is 0 Å². The highest BCUT2D eigenvalue weighted by molar-refractivity contribution is 5.91. The fourth-order valence-electron chi connectivity index (χ4n) is 2.11. The van der Waals surface area contributed by atoms with Gasteiger partial charge in [-0.25, -0.2) is 4.39 Å². The van der Waals surface area contributed by atoms with E-state index in [1.165, 1.54) is 18.2 Å². The van der Waals surface area contributed by atoms with Gasteiger partial charge in [0.15, 0.2) is 0 Å². The third kappa shape index (κ3) is 6.24. The minimum absolute atomic E-state index is 0.150. The van der Waals surface area contributed by atoms with Gasteiger partial charge in [-0.3, -0.25) is 4.79 Å². The largest absolute Gasteiger partial charge is 0.494 e. The zero-order chi connectivity index (χ0) is 17.2. The van der Waals surface area contributed by atoms with E-state index in [2.05, 4.69) is 12.2 Å². The standard InChI is InChI=1S/C20H22FNO2/c1-2-15-24-19-10-5-16(6-11-19)7-12-20(23)22-14-13-17-3-8-18(21)9-4-17/h3-12H,2,13-15H2,1H3,(H,22,23)/b12-7+. The number of benzene rings is 2. The minimum Gasteiger partial charge on any atom is -0.494 e. The molecule has 0 aliphatic heterocycles. The molecule has 2 aromatic rings. The van der Waals surface area contributed by atoms with Crippen LogP contribution in [0.15, 0.2) is 54.6 Å². The van der Waals surface area contributed by atoms with Crippen LogP contribution in [0.3, 0.4) is 0 Å². The van der Waals surface area contributed by atoms with Gasteiger partial charge in [0.1, 0.15) is 11.6 Å². The summed E-state index contributed by atoms with van der Waals surface area (Å²) in [6.45, 7) is 3.27. The summed E-state index contributed by atoms with van der Waals surface area (Å²) in [6.07, 6.45) is 4.91. The molecule has 0 saturated heterocycles. The Morgan fingerprint density at radius 1 is 1.12 bits per heavy atom. The molecule has 0 aliphatic rings. The molecule has 0 aliphatic carbocycles. The van der Waals surface area contributed by atoms with Crippen LogP contribution < -0.4 is 10.1 Å². The second-order valence-electron chi connectivity index (χ2n) is 5.42. The van der Waals surface area contributed by atoms with E-state index in [0.717, 1.165) is 23.3 Å². The van der Waals surface area contributed by atoms with Crippen molar-refractivity contribution < 1.29 is 13.9 Å². The van der Waals surface area contributed by atoms with Crippen molar-refractivity contribution in [2.24, 2.45) is 0 Å². The Balaban J connectivity index is 1.74. The first kappa shape index (κ1) is 17.7. The van der Waals surface area contributed by atoms with Crippen molar-refractivity contribution in [3.8, 4) is 5.75 Å². The van der Waals surface area contributed by atoms with Gasteiger partial charge in [0.2, 0.25) is 5.91 Å². The van der Waals surface area contributed by atoms with Crippen LogP contribution in [-0.4, -0.2) is 19.1 Å². The Kier molecular flexibility index (Phi) is 7.02. The molecule has 126 valence electrons. The molecule has 1 amide bonds. The number of nitrogens with one attached hydrogen (secondary N) is 1. The molecular formula is C20H22FNO2. The van der Waals surface area contributed by atoms with Gasteiger partial charge in [-0.1, -0.05) is 31.2 Å². The molecule has 2 rings (SSSR count). The van der Waals surface area contributed by atoms with E-state index in [0.29, 0.717) is 19.6 Å². The number of rotatable bonds is 8. The molecular weight excluding hydrogens is 305 g/mol. The maximum absolute atomic E-state index is 12.8. The zero-order valence-corrected chi connectivity index (χ0v) is 13.8. The van der Waals surface area contributed by atoms with Crippen molar-refractivity contribution in [2.45, 2.75) is 19.8 Å². The molecule has 24 heavy (non-hydrogen) atoms. The van der Waals surface area contributed by atoms with Gasteiger partial charge in [0.05, 0.1) is 6.61 Å². The first-order valence-electron chi connectivity index (χ1n) is 8.10. The second-order valence-corrected chi connectivity index (χ2v) is 5.42. The quantitative estimate of drug-likeness (QED) is 0.745. The average molecular weight is 327 g/mol. The molecule has 4 heteroatoms. The van der Waals surface area contributed by atoms with Crippen LogP contribution in [0.5, 0.6) is 5.75 Å². The first-order valence-corrected chi connectivity index (χ1v) is 8.10. The van der Waals surface area contributed by atoms with Crippen molar-refractivity contribution in [1.29, 1.82) is 0 Å². The van der Waals surface area contributed by atoms with E-state index in [1.54, 1.807) is 18.2 Å². The summed E-state index contributed by atoms with van der Waals surface area (Å²) in [5.74, 6) is 0.429. The Labute approximate surface area is 142 Å². The van der Waals surface area contributed by atoms with Gasteiger partial charge in [-0.05, 0) is 54.3 Å². The Bertz CT molecular complexity index is 663. The Morgan fingerprint density at radius 3 is 2.50 bits per heavy atom. The van der Waals surface area contributed by atoms with Crippen molar-refractivity contribution in [3.05, 3.63) is 71.6 Å². The molecule has 0 spiro atoms. The van der Waals surface area contributed by atoms with Gasteiger partial charge in [-0.2, -0.15) is 0 Å². The van der Waals surface area contributed by atoms with E-state index >= 15 is 0 Å². The van der Waals surface area contributed by atoms with Crippen LogP contribution in [0, 0.1) is 5.82 Å². The summed E-state index contributed by atoms with van der Waals surface area (Å²) in [6, 6.07) is 13.9. The van der Waals surface area contributed by atoms with Gasteiger partial charge < -0.3 is 10.1 Å². The predicted molar refractivity (Wildman–Crippen MR) is 94.4 cm³/mol. The molecule has 0 unspecified atom stereocenters. The maximum Gasteiger partial charge on any atom is 0.244 e. The Hall–Kier alpha value is -2.62. The highest BCUT2D eigenvalue weighted by Crippen LogP contribution is 2.13. The van der Waals surface area contributed by atoms with Gasteiger partial charge in [-0.15, -0.1) is 0 Å². The second kappa shape index (κ2) is 9.50. The predicted octanol–water partition coefficient (Wildman–Crippen LogP) is 3.99. The summed E-state index contributed by atoms with van der Waals surface area (Å²) in [7, 11) is 0. The molecule has 0 saturated carbocycles. The first-order chi connectivity index (χ1) is 11.7. The number of ether oxygens (including phenoxy) is 1. The molecule has 0 atom stereocenters. The molecule has 0 aromatic heterocycles. The highest BCUT2D eigenvalue weighted by Gasteiger charge is 1.98. The van der Waals surface area contributed by atoms with E-state index in [9.17, 15) is 9.18 Å². The number of amides is 1. The normalized spacial score (nSPS) is 10.8. The molecule has 3 nitrogen and oxygen atoms in total. The van der Waals surface area contributed by atoms with Crippen molar-refractivity contribution in [2.75, 3.05) is 13.2 Å². The summed E-state index contributed by atoms with van der Waals surface area (Å²) >= 11 is 0. The van der Waals surface area contributed by atoms with Crippen molar-refractivity contribution in [1.82, 2.24) is 5.32 Å². The fraction of sp³-hybridized carbons (Fsp3) is 0.250. The van der Waals surface area contributed by atoms with Crippen LogP contribution in [0.1, 0.15) is 24.5 Å². The van der Waals surface area contributed by atoms with Gasteiger partial charge in [0, 0.05) is 12.6 Å². The van der Waals surface area contributed by atoms with E-state index in [-0.39, 0.29) is 11.7 Å². The minimum atomic E-state index is -0.253. The average Bonchev–Trinajstić information content (AvgIpc) is 2.61. The smallest absolute Gasteiger partial charge is 0.244 e. The van der Waals surface area contributed by atoms with Crippen molar-refractivity contribution >= 4 is 12.0 Å². The summed E-state index contributed by atoms with van der Waals surface area (Å²) in [5, 5.41) is 2.81. The van der Waals surface area contributed by atoms with Gasteiger partial charge in [0.25, 0.3) is 0 Å². The summed E-state index contributed by atoms with van der Waals surface area (Å²) in [4.78, 5) is 11.8. The van der Waals surface area contributed by atoms with Crippen LogP contribution in [0.4, 0.5) is 4.39 Å². The molecule has 2 aromatic carbocycles. The molecule has 1 N–H and O–H groups in total. The third-order valence-corrected chi connectivity index (χ3v) is 3.41. The maximum atomic E-state index is 12.8. The molecule has 0 radical (unpaired) electrons. The van der Waals surface area contributed by atoms with E-state index < -0.39 is 0 Å². The summed E-state index contributed by atoms with van der Waals surface area (Å²) < 4.78 is 18.3. The molecule has 0 bridgehead atoms. The van der Waals surface area contributed by atoms with E-state index in [1.807, 2.05) is 24.3 Å². The topological polar surface area (TPSA) is 38.3 Å². The lowest BCUT2D eigenvalue weighted by atomic mass is 10.1. The zero-order valence-electron chi connectivity index (χ0n) is 13.8. The van der Waals surface area contributed by atoms with E-state index in [4.69, 9.17) is 4.74 Å². The fourth-order valence-corrected chi connectivity index (χ4v) is 2.11. The lowest BCUT2D eigenvalue weighted by Crippen LogP contribution is -2.23. The van der Waals surface area contributed by atoms with Crippen LogP contribution in [-0.2, 0) is 11.2 Å². The monoisotopic (exact) mass is 327 g/mol. The molecule has 0 heterocycles.